The van der Waals surface area contributed by atoms with E-state index in [-0.39, 0.29) is 17.3 Å². The maximum absolute atomic E-state index is 12.7. The molecule has 0 spiro atoms. The lowest BCUT2D eigenvalue weighted by Gasteiger charge is -2.58. The van der Waals surface area contributed by atoms with Crippen molar-refractivity contribution in [2.24, 2.45) is 57.4 Å². The normalized spacial score (nSPS) is 33.8. The first-order valence-corrected chi connectivity index (χ1v) is 18.6. The number of rotatable bonds is 8. The molecule has 0 saturated heterocycles. The molecule has 0 radical (unpaired) electrons. The minimum absolute atomic E-state index is 0.0676. The van der Waals surface area contributed by atoms with Gasteiger partial charge in [0.2, 0.25) is 5.13 Å². The van der Waals surface area contributed by atoms with Crippen molar-refractivity contribution in [2.75, 3.05) is 12.5 Å². The molecule has 4 aliphatic carbocycles. The number of carbonyl (C=O) groups is 1. The number of nitrogens with zero attached hydrogens (tertiary/aromatic N) is 4. The Morgan fingerprint density at radius 2 is 1.80 bits per heavy atom. The van der Waals surface area contributed by atoms with Gasteiger partial charge in [-0.25, -0.2) is 9.97 Å². The van der Waals surface area contributed by atoms with E-state index in [2.05, 4.69) is 46.1 Å². The Balaban J connectivity index is 1.23. The number of methoxy groups -OCH3 is 1. The third kappa shape index (κ3) is 5.46. The Bertz CT molecular complexity index is 1630. The summed E-state index contributed by atoms with van der Waals surface area (Å²) in [6, 6.07) is 7.94. The number of esters is 1. The molecule has 1 N–H and O–H groups in total. The van der Waals surface area contributed by atoms with Gasteiger partial charge in [0.15, 0.2) is 10.5 Å². The van der Waals surface area contributed by atoms with Gasteiger partial charge in [0.1, 0.15) is 0 Å². The quantitative estimate of drug-likeness (QED) is 0.195. The standard InChI is InChI=1S/C38H51N5O2S/c1-22(2)10-9-11-23(3)26-14-15-27-32-28(17-19-38(26,27)5)37(4)18-16-24(35(44)45-6)20-25(37)21-31(32)42-43-36-41-33-34(46-36)40-30-13-8-7-12-29(30)39-33/h7-8,12-13,21-24,26-28,32H,9-11,14-20H2,1-6H3,(H,39,41,43)/b42-31+. The lowest BCUT2D eigenvalue weighted by Crippen LogP contribution is -2.53. The second-order valence-corrected chi connectivity index (χ2v) is 16.8. The summed E-state index contributed by atoms with van der Waals surface area (Å²) in [6.45, 7) is 12.4. The van der Waals surface area contributed by atoms with E-state index in [1.54, 1.807) is 0 Å². The van der Waals surface area contributed by atoms with Crippen LogP contribution in [0.2, 0.25) is 0 Å². The predicted octanol–water partition coefficient (Wildman–Crippen LogP) is 9.45. The summed E-state index contributed by atoms with van der Waals surface area (Å²) in [6.07, 6.45) is 14.2. The van der Waals surface area contributed by atoms with Crippen LogP contribution in [0.1, 0.15) is 98.8 Å². The lowest BCUT2D eigenvalue weighted by molar-refractivity contribution is -0.147. The number of aromatic nitrogens is 3. The first kappa shape index (κ1) is 31.7. The first-order valence-electron chi connectivity index (χ1n) is 17.8. The van der Waals surface area contributed by atoms with Gasteiger partial charge < -0.3 is 4.74 Å². The second kappa shape index (κ2) is 12.3. The topological polar surface area (TPSA) is 89.4 Å². The van der Waals surface area contributed by atoms with Crippen molar-refractivity contribution in [3.05, 3.63) is 35.9 Å². The lowest BCUT2D eigenvalue weighted by atomic mass is 9.46. The summed E-state index contributed by atoms with van der Waals surface area (Å²) >= 11 is 1.51. The number of benzene rings is 1. The Kier molecular flexibility index (Phi) is 8.48. The maximum atomic E-state index is 12.7. The number of thiazole rings is 1. The molecule has 2 aromatic heterocycles. The average Bonchev–Trinajstić information content (AvgIpc) is 3.61. The van der Waals surface area contributed by atoms with Crippen LogP contribution in [-0.2, 0) is 9.53 Å². The van der Waals surface area contributed by atoms with Gasteiger partial charge in [-0.3, -0.25) is 10.2 Å². The number of hydrogen-bond acceptors (Lipinski definition) is 8. The van der Waals surface area contributed by atoms with Gasteiger partial charge in [0, 0.05) is 5.92 Å². The molecular formula is C38H51N5O2S. The van der Waals surface area contributed by atoms with Crippen molar-refractivity contribution < 1.29 is 9.53 Å². The molecule has 0 aliphatic heterocycles. The van der Waals surface area contributed by atoms with Crippen molar-refractivity contribution in [3.63, 3.8) is 0 Å². The molecule has 8 heteroatoms. The van der Waals surface area contributed by atoms with Crippen molar-refractivity contribution in [2.45, 2.75) is 98.8 Å². The highest BCUT2D eigenvalue weighted by molar-refractivity contribution is 7.21. The third-order valence-corrected chi connectivity index (χ3v) is 13.7. The molecule has 0 amide bonds. The number of anilines is 1. The van der Waals surface area contributed by atoms with Gasteiger partial charge >= 0.3 is 5.97 Å². The van der Waals surface area contributed by atoms with Gasteiger partial charge in [-0.1, -0.05) is 82.9 Å². The SMILES string of the molecule is COC(=O)C1CCC2(C)C(=C/C(=N\Nc3nc4nc5ccccc5nc4s3)C3C2CCC2(C)C(C(C)CCCC(C)C)CCC32)C1. The zero-order valence-corrected chi connectivity index (χ0v) is 29.3. The Morgan fingerprint density at radius 1 is 1.02 bits per heavy atom. The van der Waals surface area contributed by atoms with Crippen molar-refractivity contribution in [3.8, 4) is 0 Å². The Morgan fingerprint density at radius 3 is 2.57 bits per heavy atom. The smallest absolute Gasteiger partial charge is 0.308 e. The number of nitrogens with one attached hydrogen (secondary N) is 1. The minimum Gasteiger partial charge on any atom is -0.469 e. The predicted molar refractivity (Wildman–Crippen MR) is 188 cm³/mol. The largest absolute Gasteiger partial charge is 0.469 e. The molecular weight excluding hydrogens is 591 g/mol. The van der Waals surface area contributed by atoms with Crippen LogP contribution in [-0.4, -0.2) is 33.7 Å². The van der Waals surface area contributed by atoms with Gasteiger partial charge in [0.05, 0.1) is 29.8 Å². The van der Waals surface area contributed by atoms with Crippen LogP contribution in [0.4, 0.5) is 5.13 Å². The van der Waals surface area contributed by atoms with E-state index < -0.39 is 0 Å². The summed E-state index contributed by atoms with van der Waals surface area (Å²) < 4.78 is 5.22. The fraction of sp³-hybridized carbons (Fsp3) is 0.658. The highest BCUT2D eigenvalue weighted by atomic mass is 32.1. The van der Waals surface area contributed by atoms with E-state index >= 15 is 0 Å². The van der Waals surface area contributed by atoms with E-state index in [4.69, 9.17) is 24.8 Å². The van der Waals surface area contributed by atoms with Crippen LogP contribution in [0.3, 0.4) is 0 Å². The second-order valence-electron chi connectivity index (χ2n) is 15.8. The summed E-state index contributed by atoms with van der Waals surface area (Å²) in [7, 11) is 1.52. The third-order valence-electron chi connectivity index (χ3n) is 12.9. The van der Waals surface area contributed by atoms with Gasteiger partial charge in [-0.05, 0) is 104 Å². The molecule has 3 aromatic rings. The molecule has 3 fully saturated rings. The number of carbonyl (C=O) groups excluding carboxylic acids is 1. The highest BCUT2D eigenvalue weighted by Crippen LogP contribution is 2.67. The number of ether oxygens (including phenoxy) is 1. The molecule has 3 saturated carbocycles. The number of hydrogen-bond donors (Lipinski definition) is 1. The number of para-hydroxylation sites is 2. The fourth-order valence-electron chi connectivity index (χ4n) is 10.4. The summed E-state index contributed by atoms with van der Waals surface area (Å²) in [5, 5.41) is 5.93. The van der Waals surface area contributed by atoms with Crippen LogP contribution in [0, 0.1) is 52.3 Å². The number of hydrazone groups is 1. The molecule has 246 valence electrons. The molecule has 1 aromatic carbocycles. The molecule has 2 heterocycles. The van der Waals surface area contributed by atoms with Crippen molar-refractivity contribution >= 4 is 49.7 Å². The van der Waals surface area contributed by atoms with Gasteiger partial charge in [-0.15, -0.1) is 0 Å². The zero-order chi connectivity index (χ0) is 32.2. The number of allylic oxidation sites excluding steroid dienone is 2. The van der Waals surface area contributed by atoms with E-state index in [9.17, 15) is 4.79 Å². The van der Waals surface area contributed by atoms with Crippen LogP contribution < -0.4 is 5.43 Å². The van der Waals surface area contributed by atoms with Crippen molar-refractivity contribution in [1.29, 1.82) is 0 Å². The van der Waals surface area contributed by atoms with Crippen LogP contribution in [0.5, 0.6) is 0 Å². The van der Waals surface area contributed by atoms with Crippen LogP contribution in [0.25, 0.3) is 21.5 Å². The minimum atomic E-state index is -0.0788. The van der Waals surface area contributed by atoms with E-state index in [0.29, 0.717) is 28.8 Å². The molecule has 4 aliphatic rings. The maximum Gasteiger partial charge on any atom is 0.308 e. The summed E-state index contributed by atoms with van der Waals surface area (Å²) in [5.41, 5.74) is 8.73. The monoisotopic (exact) mass is 641 g/mol. The molecule has 8 unspecified atom stereocenters. The number of fused-ring (bicyclic) bond motifs is 7. The average molecular weight is 642 g/mol. The Labute approximate surface area is 278 Å². The van der Waals surface area contributed by atoms with E-state index in [1.807, 2.05) is 24.3 Å². The molecule has 7 rings (SSSR count). The van der Waals surface area contributed by atoms with Gasteiger partial charge in [0.25, 0.3) is 0 Å². The van der Waals surface area contributed by atoms with Crippen LogP contribution in [0.15, 0.2) is 41.0 Å². The molecule has 46 heavy (non-hydrogen) atoms. The molecule has 0 bridgehead atoms. The van der Waals surface area contributed by atoms with Crippen LogP contribution >= 0.6 is 11.3 Å². The fourth-order valence-corrected chi connectivity index (χ4v) is 11.1. The first-order chi connectivity index (χ1) is 22.1. The van der Waals surface area contributed by atoms with E-state index in [0.717, 1.165) is 63.7 Å². The van der Waals surface area contributed by atoms with Crippen molar-refractivity contribution in [1.82, 2.24) is 15.0 Å². The zero-order valence-electron chi connectivity index (χ0n) is 28.5. The summed E-state index contributed by atoms with van der Waals surface area (Å²) in [4.78, 5) is 27.9. The molecule has 7 nitrogen and oxygen atoms in total. The Hall–Kier alpha value is -2.87. The van der Waals surface area contributed by atoms with E-state index in [1.165, 1.54) is 69.0 Å². The molecule has 8 atom stereocenters. The summed E-state index contributed by atoms with van der Waals surface area (Å²) in [5.74, 6) is 3.69. The highest BCUT2D eigenvalue weighted by Gasteiger charge is 2.61. The van der Waals surface area contributed by atoms with Gasteiger partial charge in [-0.2, -0.15) is 10.1 Å².